The largest absolute Gasteiger partial charge is 0.497 e. The molecule has 7 nitrogen and oxygen atoms in total. The van der Waals surface area contributed by atoms with Gasteiger partial charge in [0.2, 0.25) is 0 Å². The van der Waals surface area contributed by atoms with Gasteiger partial charge in [-0.05, 0) is 56.3 Å². The molecule has 0 unspecified atom stereocenters. The van der Waals surface area contributed by atoms with Crippen LogP contribution < -0.4 is 14.8 Å². The Morgan fingerprint density at radius 3 is 2.36 bits per heavy atom. The van der Waals surface area contributed by atoms with Crippen molar-refractivity contribution >= 4 is 17.6 Å². The van der Waals surface area contributed by atoms with Gasteiger partial charge >= 0.3 is 5.97 Å². The van der Waals surface area contributed by atoms with E-state index in [1.807, 2.05) is 6.92 Å². The summed E-state index contributed by atoms with van der Waals surface area (Å²) in [7, 11) is 3.11. The lowest BCUT2D eigenvalue weighted by atomic mass is 10.1. The molecule has 0 aromatic heterocycles. The summed E-state index contributed by atoms with van der Waals surface area (Å²) in [4.78, 5) is 24.7. The summed E-state index contributed by atoms with van der Waals surface area (Å²) in [6, 6.07) is 11.8. The van der Waals surface area contributed by atoms with Gasteiger partial charge in [0.1, 0.15) is 11.5 Å². The molecule has 0 saturated carbocycles. The fourth-order valence-electron chi connectivity index (χ4n) is 2.43. The predicted molar refractivity (Wildman–Crippen MR) is 105 cm³/mol. The Hall–Kier alpha value is -3.06. The number of anilines is 1. The van der Waals surface area contributed by atoms with E-state index in [4.69, 9.17) is 18.9 Å². The second-order valence-corrected chi connectivity index (χ2v) is 5.93. The van der Waals surface area contributed by atoms with E-state index in [9.17, 15) is 9.59 Å². The average Bonchev–Trinajstić information content (AvgIpc) is 2.72. The summed E-state index contributed by atoms with van der Waals surface area (Å²) in [6.45, 7) is 4.25. The summed E-state index contributed by atoms with van der Waals surface area (Å²) in [6.07, 6.45) is -0.966. The van der Waals surface area contributed by atoms with E-state index in [0.29, 0.717) is 36.0 Å². The average molecular weight is 387 g/mol. The fraction of sp³-hybridized carbons (Fsp3) is 0.333. The lowest BCUT2D eigenvalue weighted by Crippen LogP contribution is -2.30. The van der Waals surface area contributed by atoms with E-state index in [1.54, 1.807) is 56.7 Å². The van der Waals surface area contributed by atoms with Crippen LogP contribution in [0.2, 0.25) is 0 Å². The summed E-state index contributed by atoms with van der Waals surface area (Å²) >= 11 is 0. The van der Waals surface area contributed by atoms with Crippen molar-refractivity contribution in [2.45, 2.75) is 26.6 Å². The molecule has 0 aliphatic rings. The van der Waals surface area contributed by atoms with Gasteiger partial charge in [0.25, 0.3) is 5.91 Å². The third kappa shape index (κ3) is 5.72. The van der Waals surface area contributed by atoms with Crippen LogP contribution in [0.25, 0.3) is 0 Å². The zero-order valence-corrected chi connectivity index (χ0v) is 16.5. The molecule has 2 rings (SSSR count). The van der Waals surface area contributed by atoms with Gasteiger partial charge in [-0.15, -0.1) is 0 Å². The standard InChI is InChI=1S/C21H25NO6/c1-5-27-13-16-12-15(6-11-19(16)26-4)21(24)28-14(2)20(23)22-17-7-9-18(25-3)10-8-17/h6-12,14H,5,13H2,1-4H3,(H,22,23)/t14-/m1/s1. The second-order valence-electron chi connectivity index (χ2n) is 5.93. The number of ether oxygens (including phenoxy) is 4. The Morgan fingerprint density at radius 1 is 1.04 bits per heavy atom. The van der Waals surface area contributed by atoms with Crippen LogP contribution in [0.4, 0.5) is 5.69 Å². The number of amides is 1. The van der Waals surface area contributed by atoms with E-state index < -0.39 is 18.0 Å². The van der Waals surface area contributed by atoms with E-state index >= 15 is 0 Å². The van der Waals surface area contributed by atoms with Crippen LogP contribution in [-0.2, 0) is 20.9 Å². The van der Waals surface area contributed by atoms with Crippen molar-refractivity contribution in [3.63, 3.8) is 0 Å². The quantitative estimate of drug-likeness (QED) is 0.664. The van der Waals surface area contributed by atoms with Gasteiger partial charge in [-0.3, -0.25) is 4.79 Å². The van der Waals surface area contributed by atoms with Crippen LogP contribution in [0.3, 0.4) is 0 Å². The minimum atomic E-state index is -0.966. The van der Waals surface area contributed by atoms with Gasteiger partial charge in [0.05, 0.1) is 26.4 Å². The number of hydrogen-bond acceptors (Lipinski definition) is 6. The van der Waals surface area contributed by atoms with Gasteiger partial charge in [-0.1, -0.05) is 0 Å². The molecule has 0 saturated heterocycles. The van der Waals surface area contributed by atoms with Crippen molar-refractivity contribution < 1.29 is 28.5 Å². The number of hydrogen-bond donors (Lipinski definition) is 1. The minimum absolute atomic E-state index is 0.314. The molecule has 0 fully saturated rings. The summed E-state index contributed by atoms with van der Waals surface area (Å²) in [5, 5.41) is 2.70. The lowest BCUT2D eigenvalue weighted by molar-refractivity contribution is -0.123. The van der Waals surface area contributed by atoms with Crippen molar-refractivity contribution in [1.29, 1.82) is 0 Å². The summed E-state index contributed by atoms with van der Waals surface area (Å²) in [5.41, 5.74) is 1.63. The first-order chi connectivity index (χ1) is 13.5. The molecular weight excluding hydrogens is 362 g/mol. The Labute approximate surface area is 164 Å². The van der Waals surface area contributed by atoms with Crippen molar-refractivity contribution in [2.75, 3.05) is 26.1 Å². The molecule has 0 heterocycles. The zero-order valence-electron chi connectivity index (χ0n) is 16.5. The lowest BCUT2D eigenvalue weighted by Gasteiger charge is -2.15. The molecule has 0 spiro atoms. The maximum atomic E-state index is 12.4. The molecule has 2 aromatic rings. The second kappa shape index (κ2) is 10.3. The van der Waals surface area contributed by atoms with E-state index in [0.717, 1.165) is 5.56 Å². The van der Waals surface area contributed by atoms with Crippen molar-refractivity contribution in [3.05, 3.63) is 53.6 Å². The molecule has 2 aromatic carbocycles. The van der Waals surface area contributed by atoms with Crippen molar-refractivity contribution in [1.82, 2.24) is 0 Å². The zero-order chi connectivity index (χ0) is 20.5. The Kier molecular flexibility index (Phi) is 7.83. The molecule has 1 atom stereocenters. The number of rotatable bonds is 9. The van der Waals surface area contributed by atoms with Crippen LogP contribution >= 0.6 is 0 Å². The van der Waals surface area contributed by atoms with E-state index in [-0.39, 0.29) is 0 Å². The van der Waals surface area contributed by atoms with Crippen LogP contribution in [0, 0.1) is 0 Å². The molecule has 7 heteroatoms. The van der Waals surface area contributed by atoms with Gasteiger partial charge < -0.3 is 24.3 Å². The van der Waals surface area contributed by atoms with Gasteiger partial charge in [0.15, 0.2) is 6.10 Å². The number of carbonyl (C=O) groups is 2. The van der Waals surface area contributed by atoms with Crippen molar-refractivity contribution in [3.8, 4) is 11.5 Å². The van der Waals surface area contributed by atoms with Gasteiger partial charge in [-0.2, -0.15) is 0 Å². The molecule has 0 aliphatic carbocycles. The SMILES string of the molecule is CCOCc1cc(C(=O)O[C@H](C)C(=O)Nc2ccc(OC)cc2)ccc1OC. The smallest absolute Gasteiger partial charge is 0.338 e. The maximum absolute atomic E-state index is 12.4. The summed E-state index contributed by atoms with van der Waals surface area (Å²) in [5.74, 6) is 0.273. The Morgan fingerprint density at radius 2 is 1.75 bits per heavy atom. The number of methoxy groups -OCH3 is 2. The first kappa shape index (κ1) is 21.2. The van der Waals surface area contributed by atoms with Crippen LogP contribution in [-0.4, -0.2) is 38.8 Å². The molecule has 1 amide bonds. The van der Waals surface area contributed by atoms with Crippen molar-refractivity contribution in [2.24, 2.45) is 0 Å². The monoisotopic (exact) mass is 387 g/mol. The highest BCUT2D eigenvalue weighted by Gasteiger charge is 2.20. The molecule has 28 heavy (non-hydrogen) atoms. The first-order valence-electron chi connectivity index (χ1n) is 8.89. The fourth-order valence-corrected chi connectivity index (χ4v) is 2.43. The number of nitrogens with one attached hydrogen (secondary N) is 1. The first-order valence-corrected chi connectivity index (χ1v) is 8.89. The van der Waals surface area contributed by atoms with Crippen LogP contribution in [0.5, 0.6) is 11.5 Å². The Bertz CT molecular complexity index is 803. The highest BCUT2D eigenvalue weighted by atomic mass is 16.5. The number of benzene rings is 2. The summed E-state index contributed by atoms with van der Waals surface area (Å²) < 4.78 is 21.0. The molecule has 0 radical (unpaired) electrons. The molecule has 1 N–H and O–H groups in total. The highest BCUT2D eigenvalue weighted by Crippen LogP contribution is 2.22. The van der Waals surface area contributed by atoms with Gasteiger partial charge in [-0.25, -0.2) is 4.79 Å². The van der Waals surface area contributed by atoms with Crippen LogP contribution in [0.15, 0.2) is 42.5 Å². The van der Waals surface area contributed by atoms with E-state index in [1.165, 1.54) is 6.92 Å². The normalized spacial score (nSPS) is 11.4. The third-order valence-electron chi connectivity index (χ3n) is 3.99. The molecular formula is C21H25NO6. The van der Waals surface area contributed by atoms with E-state index in [2.05, 4.69) is 5.32 Å². The highest BCUT2D eigenvalue weighted by molar-refractivity contribution is 5.97. The molecule has 0 aliphatic heterocycles. The maximum Gasteiger partial charge on any atom is 0.338 e. The van der Waals surface area contributed by atoms with Gasteiger partial charge in [0, 0.05) is 17.9 Å². The molecule has 0 bridgehead atoms. The van der Waals surface area contributed by atoms with Crippen LogP contribution in [0.1, 0.15) is 29.8 Å². The number of esters is 1. The predicted octanol–water partition coefficient (Wildman–Crippen LogP) is 3.42. The minimum Gasteiger partial charge on any atom is -0.497 e. The third-order valence-corrected chi connectivity index (χ3v) is 3.99. The Balaban J connectivity index is 2.01. The number of carbonyl (C=O) groups excluding carboxylic acids is 2. The molecule has 150 valence electrons. The topological polar surface area (TPSA) is 83.1 Å².